The van der Waals surface area contributed by atoms with Gasteiger partial charge in [-0.05, 0) is 30.5 Å². The van der Waals surface area contributed by atoms with E-state index < -0.39 is 0 Å². The van der Waals surface area contributed by atoms with Crippen LogP contribution in [0.15, 0.2) is 30.3 Å². The van der Waals surface area contributed by atoms with Crippen molar-refractivity contribution in [1.82, 2.24) is 9.97 Å². The fraction of sp³-hybridized carbons (Fsp3) is 0.333. The largest absolute Gasteiger partial charge is 0.493 e. The van der Waals surface area contributed by atoms with Crippen molar-refractivity contribution in [3.05, 3.63) is 52.6 Å². The van der Waals surface area contributed by atoms with E-state index in [1.54, 1.807) is 0 Å². The number of benzene rings is 1. The summed E-state index contributed by atoms with van der Waals surface area (Å²) in [4.78, 5) is 8.93. The average Bonchev–Trinajstić information content (AvgIpc) is 2.46. The lowest BCUT2D eigenvalue weighted by molar-refractivity contribution is 0.257. The zero-order valence-electron chi connectivity index (χ0n) is 10.8. The molecular weight excluding hydrogens is 260 g/mol. The normalized spacial score (nSPS) is 17.7. The van der Waals surface area contributed by atoms with Crippen LogP contribution in [0.25, 0.3) is 0 Å². The third-order valence-electron chi connectivity index (χ3n) is 3.37. The van der Waals surface area contributed by atoms with Gasteiger partial charge in [-0.1, -0.05) is 36.7 Å². The van der Waals surface area contributed by atoms with E-state index in [0.29, 0.717) is 11.8 Å². The highest BCUT2D eigenvalue weighted by Crippen LogP contribution is 2.31. The number of nitrogens with zero attached hydrogens (tertiary/aromatic N) is 2. The van der Waals surface area contributed by atoms with Gasteiger partial charge >= 0.3 is 0 Å². The van der Waals surface area contributed by atoms with Crippen molar-refractivity contribution >= 4 is 11.6 Å². The first-order valence-corrected chi connectivity index (χ1v) is 6.88. The molecule has 0 N–H and O–H groups in total. The molecule has 3 rings (SSSR count). The van der Waals surface area contributed by atoms with Crippen LogP contribution in [0.3, 0.4) is 0 Å². The topological polar surface area (TPSA) is 35.0 Å². The van der Waals surface area contributed by atoms with E-state index in [1.807, 2.05) is 24.3 Å². The molecule has 3 nitrogen and oxygen atoms in total. The lowest BCUT2D eigenvalue weighted by Gasteiger charge is -2.24. The Bertz CT molecular complexity index is 600. The number of ether oxygens (including phenoxy) is 1. The lowest BCUT2D eigenvalue weighted by Crippen LogP contribution is -2.21. The number of halogens is 1. The molecule has 0 saturated carbocycles. The van der Waals surface area contributed by atoms with Crippen LogP contribution in [-0.4, -0.2) is 16.6 Å². The predicted molar refractivity (Wildman–Crippen MR) is 74.8 cm³/mol. The fourth-order valence-electron chi connectivity index (χ4n) is 2.34. The van der Waals surface area contributed by atoms with E-state index in [0.717, 1.165) is 30.1 Å². The Morgan fingerprint density at radius 3 is 3.00 bits per heavy atom. The average molecular weight is 275 g/mol. The smallest absolute Gasteiger partial charge is 0.137 e. The third-order valence-corrected chi connectivity index (χ3v) is 3.57. The van der Waals surface area contributed by atoms with E-state index in [-0.39, 0.29) is 5.92 Å². The van der Waals surface area contributed by atoms with Gasteiger partial charge in [0.05, 0.1) is 12.5 Å². The van der Waals surface area contributed by atoms with Crippen LogP contribution in [0, 0.1) is 0 Å². The van der Waals surface area contributed by atoms with Crippen LogP contribution < -0.4 is 4.74 Å². The maximum Gasteiger partial charge on any atom is 0.137 e. The van der Waals surface area contributed by atoms with Gasteiger partial charge in [-0.2, -0.15) is 0 Å². The molecule has 0 amide bonds. The molecule has 0 bridgehead atoms. The zero-order chi connectivity index (χ0) is 13.2. The van der Waals surface area contributed by atoms with E-state index in [2.05, 4.69) is 23.0 Å². The summed E-state index contributed by atoms with van der Waals surface area (Å²) in [6.07, 6.45) is 1.76. The van der Waals surface area contributed by atoms with Crippen molar-refractivity contribution < 1.29 is 4.74 Å². The first-order chi connectivity index (χ1) is 9.26. The van der Waals surface area contributed by atoms with Crippen molar-refractivity contribution in [3.63, 3.8) is 0 Å². The number of aromatic nitrogens is 2. The van der Waals surface area contributed by atoms with Gasteiger partial charge in [0.1, 0.15) is 16.7 Å². The summed E-state index contributed by atoms with van der Waals surface area (Å²) in [6.45, 7) is 2.68. The van der Waals surface area contributed by atoms with E-state index in [1.165, 1.54) is 5.56 Å². The van der Waals surface area contributed by atoms with Crippen LogP contribution in [0.5, 0.6) is 5.75 Å². The second-order valence-electron chi connectivity index (χ2n) is 4.71. The highest BCUT2D eigenvalue weighted by Gasteiger charge is 2.23. The molecule has 1 aliphatic heterocycles. The van der Waals surface area contributed by atoms with E-state index >= 15 is 0 Å². The summed E-state index contributed by atoms with van der Waals surface area (Å²) in [5.74, 6) is 1.94. The second-order valence-corrected chi connectivity index (χ2v) is 5.10. The Kier molecular flexibility index (Phi) is 3.38. The van der Waals surface area contributed by atoms with Crippen molar-refractivity contribution in [2.45, 2.75) is 25.7 Å². The van der Waals surface area contributed by atoms with E-state index in [9.17, 15) is 0 Å². The van der Waals surface area contributed by atoms with Crippen molar-refractivity contribution in [3.8, 4) is 5.75 Å². The molecule has 0 saturated heterocycles. The Hall–Kier alpha value is -1.61. The Balaban J connectivity index is 1.90. The van der Waals surface area contributed by atoms with Gasteiger partial charge in [-0.25, -0.2) is 9.97 Å². The molecular formula is C15H15ClN2O. The minimum Gasteiger partial charge on any atom is -0.493 e. The number of para-hydroxylation sites is 1. The maximum absolute atomic E-state index is 6.06. The van der Waals surface area contributed by atoms with Crippen LogP contribution in [0.2, 0.25) is 5.15 Å². The Labute approximate surface area is 117 Å². The molecule has 1 unspecified atom stereocenters. The summed E-state index contributed by atoms with van der Waals surface area (Å²) in [6, 6.07) is 9.93. The van der Waals surface area contributed by atoms with Gasteiger partial charge in [0.15, 0.2) is 0 Å². The van der Waals surface area contributed by atoms with Gasteiger partial charge in [-0.15, -0.1) is 0 Å². The SMILES string of the molecule is CCc1cc(Cl)nc(C2COc3ccccc3C2)n1. The van der Waals surface area contributed by atoms with Crippen LogP contribution >= 0.6 is 11.6 Å². The molecule has 0 fully saturated rings. The molecule has 1 aromatic heterocycles. The quantitative estimate of drug-likeness (QED) is 0.787. The maximum atomic E-state index is 6.06. The number of aryl methyl sites for hydroxylation is 1. The fourth-order valence-corrected chi connectivity index (χ4v) is 2.55. The number of hydrogen-bond donors (Lipinski definition) is 0. The van der Waals surface area contributed by atoms with Gasteiger partial charge in [0, 0.05) is 5.69 Å². The predicted octanol–water partition coefficient (Wildman–Crippen LogP) is 3.41. The summed E-state index contributed by atoms with van der Waals surface area (Å²) >= 11 is 6.06. The summed E-state index contributed by atoms with van der Waals surface area (Å²) < 4.78 is 5.78. The van der Waals surface area contributed by atoms with Crippen LogP contribution in [-0.2, 0) is 12.8 Å². The Morgan fingerprint density at radius 2 is 2.16 bits per heavy atom. The first kappa shape index (κ1) is 12.4. The standard InChI is InChI=1S/C15H15ClN2O/c1-2-12-8-14(16)18-15(17-12)11-7-10-5-3-4-6-13(10)19-9-11/h3-6,8,11H,2,7,9H2,1H3. The molecule has 2 aromatic rings. The summed E-state index contributed by atoms with van der Waals surface area (Å²) in [5, 5.41) is 0.515. The van der Waals surface area contributed by atoms with Crippen molar-refractivity contribution in [2.75, 3.05) is 6.61 Å². The first-order valence-electron chi connectivity index (χ1n) is 6.50. The minimum absolute atomic E-state index is 0.180. The molecule has 1 atom stereocenters. The Morgan fingerprint density at radius 1 is 1.32 bits per heavy atom. The molecule has 98 valence electrons. The molecule has 0 spiro atoms. The van der Waals surface area contributed by atoms with Crippen molar-refractivity contribution in [1.29, 1.82) is 0 Å². The lowest BCUT2D eigenvalue weighted by atomic mass is 9.96. The summed E-state index contributed by atoms with van der Waals surface area (Å²) in [5.41, 5.74) is 2.19. The van der Waals surface area contributed by atoms with Gasteiger partial charge in [0.2, 0.25) is 0 Å². The minimum atomic E-state index is 0.180. The molecule has 2 heterocycles. The monoisotopic (exact) mass is 274 g/mol. The highest BCUT2D eigenvalue weighted by molar-refractivity contribution is 6.29. The second kappa shape index (κ2) is 5.17. The van der Waals surface area contributed by atoms with E-state index in [4.69, 9.17) is 16.3 Å². The molecule has 1 aliphatic rings. The zero-order valence-corrected chi connectivity index (χ0v) is 11.5. The van der Waals surface area contributed by atoms with Crippen LogP contribution in [0.1, 0.15) is 29.9 Å². The number of hydrogen-bond acceptors (Lipinski definition) is 3. The molecule has 0 radical (unpaired) electrons. The van der Waals surface area contributed by atoms with Gasteiger partial charge in [-0.3, -0.25) is 0 Å². The van der Waals surface area contributed by atoms with Gasteiger partial charge in [0.25, 0.3) is 0 Å². The molecule has 1 aromatic carbocycles. The third kappa shape index (κ3) is 2.56. The number of rotatable bonds is 2. The van der Waals surface area contributed by atoms with Gasteiger partial charge < -0.3 is 4.74 Å². The molecule has 19 heavy (non-hydrogen) atoms. The molecule has 4 heteroatoms. The molecule has 0 aliphatic carbocycles. The van der Waals surface area contributed by atoms with Crippen molar-refractivity contribution in [2.24, 2.45) is 0 Å². The summed E-state index contributed by atoms with van der Waals surface area (Å²) in [7, 11) is 0. The number of fused-ring (bicyclic) bond motifs is 1. The highest BCUT2D eigenvalue weighted by atomic mass is 35.5. The van der Waals surface area contributed by atoms with Crippen LogP contribution in [0.4, 0.5) is 0 Å².